The van der Waals surface area contributed by atoms with Crippen LogP contribution >= 0.6 is 0 Å². The Morgan fingerprint density at radius 1 is 1.12 bits per heavy atom. The first kappa shape index (κ1) is 17.2. The van der Waals surface area contributed by atoms with Gasteiger partial charge in [-0.25, -0.2) is 0 Å². The van der Waals surface area contributed by atoms with Gasteiger partial charge in [-0.15, -0.1) is 0 Å². The van der Waals surface area contributed by atoms with Gasteiger partial charge in [0.15, 0.2) is 0 Å². The summed E-state index contributed by atoms with van der Waals surface area (Å²) in [5.74, 6) is -0.494. The number of benzene rings is 2. The van der Waals surface area contributed by atoms with Crippen LogP contribution in [-0.4, -0.2) is 18.4 Å². The molecule has 2 rings (SSSR count). The molecule has 0 aliphatic carbocycles. The molecule has 0 aliphatic heterocycles. The van der Waals surface area contributed by atoms with Gasteiger partial charge in [-0.2, -0.15) is 5.26 Å². The van der Waals surface area contributed by atoms with Crippen LogP contribution in [0.1, 0.15) is 23.6 Å². The van der Waals surface area contributed by atoms with Crippen molar-refractivity contribution in [2.75, 3.05) is 16.8 Å². The minimum atomic E-state index is -0.296. The molecule has 122 valence electrons. The van der Waals surface area contributed by atoms with Gasteiger partial charge < -0.3 is 10.2 Å². The number of amides is 2. The monoisotopic (exact) mass is 321 g/mol. The van der Waals surface area contributed by atoms with Gasteiger partial charge in [0, 0.05) is 18.3 Å². The fourth-order valence-electron chi connectivity index (χ4n) is 2.45. The molecule has 0 aliphatic rings. The van der Waals surface area contributed by atoms with E-state index in [1.54, 1.807) is 24.3 Å². The lowest BCUT2D eigenvalue weighted by Gasteiger charge is -2.23. The molecule has 5 heteroatoms. The number of hydrogen-bond acceptors (Lipinski definition) is 3. The number of nitrogens with one attached hydrogen (secondary N) is 1. The van der Waals surface area contributed by atoms with E-state index in [0.29, 0.717) is 11.3 Å². The van der Waals surface area contributed by atoms with E-state index in [1.165, 1.54) is 11.8 Å². The van der Waals surface area contributed by atoms with Crippen molar-refractivity contribution in [1.82, 2.24) is 0 Å². The van der Waals surface area contributed by atoms with E-state index >= 15 is 0 Å². The summed E-state index contributed by atoms with van der Waals surface area (Å²) < 4.78 is 0. The third-order valence-corrected chi connectivity index (χ3v) is 3.62. The first-order valence-corrected chi connectivity index (χ1v) is 7.56. The third-order valence-electron chi connectivity index (χ3n) is 3.62. The summed E-state index contributed by atoms with van der Waals surface area (Å²) in [6.07, 6.45) is 0. The Morgan fingerprint density at radius 2 is 1.79 bits per heavy atom. The molecule has 0 saturated heterocycles. The van der Waals surface area contributed by atoms with Gasteiger partial charge in [-0.05, 0) is 49.7 Å². The van der Waals surface area contributed by atoms with Crippen LogP contribution < -0.4 is 10.2 Å². The van der Waals surface area contributed by atoms with Gasteiger partial charge in [0.25, 0.3) is 0 Å². The van der Waals surface area contributed by atoms with E-state index in [4.69, 9.17) is 5.26 Å². The summed E-state index contributed by atoms with van der Waals surface area (Å²) >= 11 is 0. The number of aryl methyl sites for hydroxylation is 2. The number of nitriles is 1. The molecule has 2 aromatic carbocycles. The second-order valence-electron chi connectivity index (χ2n) is 5.63. The van der Waals surface area contributed by atoms with Crippen molar-refractivity contribution >= 4 is 23.2 Å². The van der Waals surface area contributed by atoms with Crippen LogP contribution in [0.2, 0.25) is 0 Å². The van der Waals surface area contributed by atoms with Crippen molar-refractivity contribution in [2.45, 2.75) is 20.8 Å². The minimum absolute atomic E-state index is 0.0702. The lowest BCUT2D eigenvalue weighted by molar-refractivity contribution is -0.120. The Morgan fingerprint density at radius 3 is 2.33 bits per heavy atom. The van der Waals surface area contributed by atoms with Crippen molar-refractivity contribution in [3.8, 4) is 6.07 Å². The zero-order valence-corrected chi connectivity index (χ0v) is 14.0. The van der Waals surface area contributed by atoms with E-state index < -0.39 is 0 Å². The summed E-state index contributed by atoms with van der Waals surface area (Å²) in [6, 6.07) is 14.3. The van der Waals surface area contributed by atoms with E-state index in [0.717, 1.165) is 16.8 Å². The maximum atomic E-state index is 12.3. The van der Waals surface area contributed by atoms with E-state index in [-0.39, 0.29) is 18.4 Å². The normalized spacial score (nSPS) is 9.92. The van der Waals surface area contributed by atoms with Crippen LogP contribution in [0.4, 0.5) is 11.4 Å². The van der Waals surface area contributed by atoms with Crippen LogP contribution in [0.15, 0.2) is 42.5 Å². The number of nitrogens with zero attached hydrogens (tertiary/aromatic N) is 2. The number of carbonyl (C=O) groups excluding carboxylic acids is 2. The van der Waals surface area contributed by atoms with Gasteiger partial charge in [0.05, 0.1) is 11.6 Å². The van der Waals surface area contributed by atoms with Crippen molar-refractivity contribution in [3.05, 3.63) is 59.2 Å². The molecule has 2 aromatic rings. The fourth-order valence-corrected chi connectivity index (χ4v) is 2.45. The second-order valence-corrected chi connectivity index (χ2v) is 5.63. The van der Waals surface area contributed by atoms with Crippen LogP contribution in [0.3, 0.4) is 0 Å². The summed E-state index contributed by atoms with van der Waals surface area (Å²) in [4.78, 5) is 25.7. The standard InChI is InChI=1S/C19H19N3O2/c1-13-4-9-18(14(2)10-13)22(15(3)23)12-19(24)21-17-7-5-16(11-20)6-8-17/h4-10H,12H2,1-3H3,(H,21,24). The zero-order valence-electron chi connectivity index (χ0n) is 14.0. The van der Waals surface area contributed by atoms with Crippen LogP contribution in [0, 0.1) is 25.2 Å². The van der Waals surface area contributed by atoms with Crippen molar-refractivity contribution in [3.63, 3.8) is 0 Å². The van der Waals surface area contributed by atoms with Gasteiger partial charge in [-0.3, -0.25) is 9.59 Å². The Labute approximate surface area is 141 Å². The van der Waals surface area contributed by atoms with Crippen molar-refractivity contribution in [2.24, 2.45) is 0 Å². The Balaban J connectivity index is 2.13. The summed E-state index contributed by atoms with van der Waals surface area (Å²) in [7, 11) is 0. The molecule has 0 aromatic heterocycles. The maximum absolute atomic E-state index is 12.3. The zero-order chi connectivity index (χ0) is 17.7. The average Bonchev–Trinajstić information content (AvgIpc) is 2.54. The molecule has 5 nitrogen and oxygen atoms in total. The quantitative estimate of drug-likeness (QED) is 0.940. The molecule has 0 fully saturated rings. The number of hydrogen-bond donors (Lipinski definition) is 1. The lowest BCUT2D eigenvalue weighted by Crippen LogP contribution is -2.37. The van der Waals surface area contributed by atoms with Gasteiger partial charge in [-0.1, -0.05) is 17.7 Å². The van der Waals surface area contributed by atoms with Gasteiger partial charge in [0.2, 0.25) is 11.8 Å². The lowest BCUT2D eigenvalue weighted by atomic mass is 10.1. The highest BCUT2D eigenvalue weighted by Crippen LogP contribution is 2.21. The fraction of sp³-hybridized carbons (Fsp3) is 0.211. The van der Waals surface area contributed by atoms with Gasteiger partial charge in [0.1, 0.15) is 6.54 Å². The van der Waals surface area contributed by atoms with Crippen LogP contribution in [0.5, 0.6) is 0 Å². The highest BCUT2D eigenvalue weighted by atomic mass is 16.2. The topological polar surface area (TPSA) is 73.2 Å². The average molecular weight is 321 g/mol. The Bertz CT molecular complexity index is 804. The molecule has 24 heavy (non-hydrogen) atoms. The van der Waals surface area contributed by atoms with Gasteiger partial charge >= 0.3 is 0 Å². The number of rotatable bonds is 4. The predicted octanol–water partition coefficient (Wildman–Crippen LogP) is 3.17. The third kappa shape index (κ3) is 4.20. The Hall–Kier alpha value is -3.13. The molecule has 0 bridgehead atoms. The summed E-state index contributed by atoms with van der Waals surface area (Å²) in [5.41, 5.74) is 3.87. The smallest absolute Gasteiger partial charge is 0.244 e. The van der Waals surface area contributed by atoms with E-state index in [1.807, 2.05) is 38.1 Å². The van der Waals surface area contributed by atoms with Crippen LogP contribution in [-0.2, 0) is 9.59 Å². The molecule has 0 atom stereocenters. The Kier molecular flexibility index (Phi) is 5.33. The molecule has 1 N–H and O–H groups in total. The number of anilines is 2. The first-order chi connectivity index (χ1) is 11.4. The molecular weight excluding hydrogens is 302 g/mol. The molecule has 0 radical (unpaired) electrons. The van der Waals surface area contributed by atoms with Crippen molar-refractivity contribution in [1.29, 1.82) is 5.26 Å². The molecule has 0 saturated carbocycles. The molecule has 0 spiro atoms. The largest absolute Gasteiger partial charge is 0.325 e. The van der Waals surface area contributed by atoms with Crippen LogP contribution in [0.25, 0.3) is 0 Å². The number of carbonyl (C=O) groups is 2. The minimum Gasteiger partial charge on any atom is -0.325 e. The van der Waals surface area contributed by atoms with E-state index in [2.05, 4.69) is 5.32 Å². The predicted molar refractivity (Wildman–Crippen MR) is 93.7 cm³/mol. The van der Waals surface area contributed by atoms with E-state index in [9.17, 15) is 9.59 Å². The molecule has 0 heterocycles. The highest BCUT2D eigenvalue weighted by Gasteiger charge is 2.17. The second kappa shape index (κ2) is 7.42. The summed E-state index contributed by atoms with van der Waals surface area (Å²) in [5, 5.41) is 11.5. The molecule has 2 amide bonds. The first-order valence-electron chi connectivity index (χ1n) is 7.56. The molecule has 0 unspecified atom stereocenters. The maximum Gasteiger partial charge on any atom is 0.244 e. The summed E-state index contributed by atoms with van der Waals surface area (Å²) in [6.45, 7) is 5.26. The van der Waals surface area contributed by atoms with Crippen molar-refractivity contribution < 1.29 is 9.59 Å². The molecular formula is C19H19N3O2. The SMILES string of the molecule is CC(=O)N(CC(=O)Nc1ccc(C#N)cc1)c1ccc(C)cc1C. The highest BCUT2D eigenvalue weighted by molar-refractivity contribution is 6.02.